The fraction of sp³-hybridized carbons (Fsp3) is 0.952. The van der Waals surface area contributed by atoms with Gasteiger partial charge in [0.05, 0.1) is 26.4 Å². The highest BCUT2D eigenvalue weighted by molar-refractivity contribution is 7.47. The Morgan fingerprint density at radius 2 is 0.500 bits per heavy atom. The first kappa shape index (κ1) is 100. The molecule has 0 bridgehead atoms. The Bertz CT molecular complexity index is 1960. The van der Waals surface area contributed by atoms with Crippen molar-refractivity contribution in [3.63, 3.8) is 0 Å². The van der Waals surface area contributed by atoms with E-state index in [4.69, 9.17) is 37.0 Å². The van der Waals surface area contributed by atoms with Gasteiger partial charge >= 0.3 is 39.5 Å². The Morgan fingerprint density at radius 1 is 0.284 bits per heavy atom. The summed E-state index contributed by atoms with van der Waals surface area (Å²) in [6.07, 6.45) is 65.2. The fourth-order valence-electron chi connectivity index (χ4n) is 12.9. The molecule has 0 aliphatic rings. The van der Waals surface area contributed by atoms with E-state index < -0.39 is 97.5 Å². The van der Waals surface area contributed by atoms with Crippen LogP contribution in [0.25, 0.3) is 0 Å². The van der Waals surface area contributed by atoms with Gasteiger partial charge in [0.15, 0.2) is 12.2 Å². The summed E-state index contributed by atoms with van der Waals surface area (Å²) in [5.41, 5.74) is 0. The molecule has 0 aliphatic carbocycles. The molecule has 19 heteroatoms. The van der Waals surface area contributed by atoms with Gasteiger partial charge in [0, 0.05) is 25.7 Å². The first-order valence-corrected chi connectivity index (χ1v) is 46.0. The largest absolute Gasteiger partial charge is 0.472 e. The highest BCUT2D eigenvalue weighted by Gasteiger charge is 2.30. The van der Waals surface area contributed by atoms with Crippen molar-refractivity contribution in [3.05, 3.63) is 0 Å². The summed E-state index contributed by atoms with van der Waals surface area (Å²) in [6.45, 7) is 9.68. The summed E-state index contributed by atoms with van der Waals surface area (Å²) in [5, 5.41) is 10.7. The number of hydrogen-bond acceptors (Lipinski definition) is 15. The van der Waals surface area contributed by atoms with Crippen LogP contribution in [0.3, 0.4) is 0 Å². The van der Waals surface area contributed by atoms with E-state index in [1.807, 2.05) is 0 Å². The third-order valence-electron chi connectivity index (χ3n) is 19.8. The zero-order valence-corrected chi connectivity index (χ0v) is 68.7. The number of esters is 4. The predicted octanol–water partition coefficient (Wildman–Crippen LogP) is 25.1. The lowest BCUT2D eigenvalue weighted by molar-refractivity contribution is -0.161. The van der Waals surface area contributed by atoms with Gasteiger partial charge in [0.25, 0.3) is 0 Å². The third-order valence-corrected chi connectivity index (χ3v) is 21.7. The van der Waals surface area contributed by atoms with Gasteiger partial charge in [0.2, 0.25) is 0 Å². The number of phosphoric ester groups is 2. The van der Waals surface area contributed by atoms with Crippen LogP contribution in [0, 0.1) is 11.8 Å². The molecule has 6 atom stereocenters. The molecular formula is C83H162O17P2. The molecule has 0 aliphatic heterocycles. The summed E-state index contributed by atoms with van der Waals surface area (Å²) < 4.78 is 68.8. The predicted molar refractivity (Wildman–Crippen MR) is 418 cm³/mol. The Labute approximate surface area is 626 Å². The van der Waals surface area contributed by atoms with Crippen LogP contribution in [-0.4, -0.2) is 96.7 Å². The molecule has 3 unspecified atom stereocenters. The molecule has 102 heavy (non-hydrogen) atoms. The Hall–Kier alpha value is -1.94. The Morgan fingerprint density at radius 3 is 0.745 bits per heavy atom. The lowest BCUT2D eigenvalue weighted by Gasteiger charge is -2.21. The molecule has 0 aromatic rings. The van der Waals surface area contributed by atoms with Gasteiger partial charge in [-0.05, 0) is 37.5 Å². The van der Waals surface area contributed by atoms with Crippen LogP contribution in [0.5, 0.6) is 0 Å². The minimum atomic E-state index is -4.96. The zero-order valence-electron chi connectivity index (χ0n) is 66.9. The van der Waals surface area contributed by atoms with Crippen LogP contribution in [0.2, 0.25) is 0 Å². The van der Waals surface area contributed by atoms with Gasteiger partial charge in [-0.2, -0.15) is 0 Å². The van der Waals surface area contributed by atoms with Crippen LogP contribution in [0.1, 0.15) is 440 Å². The van der Waals surface area contributed by atoms with Gasteiger partial charge in [-0.25, -0.2) is 9.13 Å². The van der Waals surface area contributed by atoms with Gasteiger partial charge in [-0.15, -0.1) is 0 Å². The molecule has 0 rings (SSSR count). The van der Waals surface area contributed by atoms with Crippen molar-refractivity contribution in [2.24, 2.45) is 11.8 Å². The van der Waals surface area contributed by atoms with Crippen molar-refractivity contribution in [2.75, 3.05) is 39.6 Å². The van der Waals surface area contributed by atoms with Crippen LogP contribution in [0.4, 0.5) is 0 Å². The molecule has 0 radical (unpaired) electrons. The maximum Gasteiger partial charge on any atom is 0.472 e. The number of carbonyl (C=O) groups is 4. The van der Waals surface area contributed by atoms with E-state index in [0.717, 1.165) is 102 Å². The lowest BCUT2D eigenvalue weighted by Crippen LogP contribution is -2.30. The topological polar surface area (TPSA) is 237 Å². The van der Waals surface area contributed by atoms with Gasteiger partial charge < -0.3 is 33.8 Å². The number of rotatable bonds is 82. The number of aliphatic hydroxyl groups excluding tert-OH is 1. The second kappa shape index (κ2) is 74.5. The van der Waals surface area contributed by atoms with Gasteiger partial charge in [-0.3, -0.25) is 37.3 Å². The highest BCUT2D eigenvalue weighted by Crippen LogP contribution is 2.45. The second-order valence-electron chi connectivity index (χ2n) is 30.6. The van der Waals surface area contributed by atoms with Crippen molar-refractivity contribution in [3.8, 4) is 0 Å². The van der Waals surface area contributed by atoms with E-state index >= 15 is 0 Å². The molecule has 0 fully saturated rings. The van der Waals surface area contributed by atoms with Crippen LogP contribution in [-0.2, 0) is 65.4 Å². The minimum absolute atomic E-state index is 0.107. The molecule has 0 aromatic carbocycles. The van der Waals surface area contributed by atoms with E-state index in [9.17, 15) is 43.2 Å². The van der Waals surface area contributed by atoms with Crippen LogP contribution >= 0.6 is 15.6 Å². The van der Waals surface area contributed by atoms with Crippen molar-refractivity contribution in [1.82, 2.24) is 0 Å². The Balaban J connectivity index is 5.22. The van der Waals surface area contributed by atoms with Gasteiger partial charge in [0.1, 0.15) is 19.3 Å². The molecule has 0 aromatic heterocycles. The first-order valence-electron chi connectivity index (χ1n) is 43.0. The van der Waals surface area contributed by atoms with E-state index in [1.54, 1.807) is 0 Å². The maximum absolute atomic E-state index is 13.1. The molecule has 17 nitrogen and oxygen atoms in total. The molecule has 0 amide bonds. The number of phosphoric acid groups is 2. The minimum Gasteiger partial charge on any atom is -0.462 e. The zero-order chi connectivity index (χ0) is 74.9. The van der Waals surface area contributed by atoms with E-state index in [2.05, 4.69) is 41.5 Å². The SMILES string of the molecule is CCCCCCCCCCCCCCCCCCCCCCCCC(=O)O[C@H](COC(=O)CCCCCCCCCCCCCCCC(C)C)COP(=O)(O)OC[C@@H](O)COP(=O)(O)OC[C@@H](COC(=O)CCCCCCCCCCCC)OC(=O)CCCCCCCCCCCCC(C)CC. The summed E-state index contributed by atoms with van der Waals surface area (Å²) in [5.74, 6) is -0.513. The molecule has 606 valence electrons. The van der Waals surface area contributed by atoms with Crippen molar-refractivity contribution >= 4 is 39.5 Å². The van der Waals surface area contributed by atoms with E-state index in [1.165, 1.54) is 257 Å². The van der Waals surface area contributed by atoms with Crippen molar-refractivity contribution < 1.29 is 80.2 Å². The number of hydrogen-bond donors (Lipinski definition) is 3. The maximum atomic E-state index is 13.1. The lowest BCUT2D eigenvalue weighted by atomic mass is 9.99. The quantitative estimate of drug-likeness (QED) is 0.0222. The van der Waals surface area contributed by atoms with E-state index in [-0.39, 0.29) is 25.7 Å². The average molecular weight is 1490 g/mol. The summed E-state index contributed by atoms with van der Waals surface area (Å²) in [7, 11) is -9.92. The Kier molecular flexibility index (Phi) is 73.1. The molecule has 0 saturated heterocycles. The normalized spacial score (nSPS) is 14.1. The number of aliphatic hydroxyl groups is 1. The number of carbonyl (C=O) groups excluding carboxylic acids is 4. The highest BCUT2D eigenvalue weighted by atomic mass is 31.2. The van der Waals surface area contributed by atoms with Crippen LogP contribution < -0.4 is 0 Å². The summed E-state index contributed by atoms with van der Waals surface area (Å²) >= 11 is 0. The fourth-order valence-corrected chi connectivity index (χ4v) is 14.4. The van der Waals surface area contributed by atoms with Gasteiger partial charge in [-0.1, -0.05) is 388 Å². The summed E-state index contributed by atoms with van der Waals surface area (Å²) in [6, 6.07) is 0. The molecule has 3 N–H and O–H groups in total. The molecule has 0 heterocycles. The molecule has 0 saturated carbocycles. The first-order chi connectivity index (χ1) is 49.4. The van der Waals surface area contributed by atoms with Crippen molar-refractivity contribution in [2.45, 2.75) is 458 Å². The monoisotopic (exact) mass is 1490 g/mol. The number of unbranched alkanes of at least 4 members (excludes halogenated alkanes) is 51. The standard InChI is InChI=1S/C83H162O17P2/c1-7-10-12-14-16-18-20-21-22-23-24-25-26-27-28-29-32-36-43-49-55-61-67-82(87)99-79(72-94-81(86)66-60-54-48-42-35-33-30-31-34-39-45-51-57-63-75(4)5)74-98-102(91,92)96-70-77(84)69-95-101(89,90)97-73-78(71-93-80(85)65-59-53-47-41-19-17-15-13-11-8-2)100-83(88)68-62-56-50-44-38-37-40-46-52-58-64-76(6)9-3/h75-79,84H,7-74H2,1-6H3,(H,89,90)(H,91,92)/t76?,77-,78+,79+/m0/s1. The van der Waals surface area contributed by atoms with E-state index in [0.29, 0.717) is 25.7 Å². The molecular weight excluding hydrogens is 1330 g/mol. The molecule has 0 spiro atoms. The van der Waals surface area contributed by atoms with Crippen molar-refractivity contribution in [1.29, 1.82) is 0 Å². The second-order valence-corrected chi connectivity index (χ2v) is 33.5. The van der Waals surface area contributed by atoms with Crippen LogP contribution in [0.15, 0.2) is 0 Å². The smallest absolute Gasteiger partial charge is 0.462 e. The number of ether oxygens (including phenoxy) is 4. The third kappa shape index (κ3) is 74.9. The average Bonchev–Trinajstić information content (AvgIpc) is 0.925. The summed E-state index contributed by atoms with van der Waals surface area (Å²) in [4.78, 5) is 73.1.